The summed E-state index contributed by atoms with van der Waals surface area (Å²) in [5, 5.41) is 7.17. The Hall–Kier alpha value is -1.48. The van der Waals surface area contributed by atoms with Crippen LogP contribution in [0.1, 0.15) is 22.5 Å². The van der Waals surface area contributed by atoms with E-state index in [2.05, 4.69) is 22.3 Å². The van der Waals surface area contributed by atoms with Crippen LogP contribution in [0.3, 0.4) is 0 Å². The molecule has 0 aliphatic carbocycles. The van der Waals surface area contributed by atoms with Crippen LogP contribution in [0, 0.1) is 13.8 Å². The number of benzene rings is 1. The van der Waals surface area contributed by atoms with Gasteiger partial charge in [0.15, 0.2) is 0 Å². The zero-order valence-corrected chi connectivity index (χ0v) is 10.3. The van der Waals surface area contributed by atoms with Crippen molar-refractivity contribution >= 4 is 18.1 Å². The molecule has 4 heteroatoms. The highest BCUT2D eigenvalue weighted by atomic mass is 35.5. The Morgan fingerprint density at radius 1 is 1.19 bits per heavy atom. The average molecular weight is 238 g/mol. The monoisotopic (exact) mass is 237 g/mol. The van der Waals surface area contributed by atoms with Gasteiger partial charge in [-0.15, -0.1) is 12.4 Å². The largest absolute Gasteiger partial charge is 0.399 e. The maximum atomic E-state index is 5.64. The summed E-state index contributed by atoms with van der Waals surface area (Å²) in [6.45, 7) is 4.07. The van der Waals surface area contributed by atoms with E-state index in [4.69, 9.17) is 5.73 Å². The molecule has 0 saturated carbocycles. The molecule has 0 saturated heterocycles. The van der Waals surface area contributed by atoms with E-state index >= 15 is 0 Å². The number of nitrogens with one attached hydrogen (secondary N) is 1. The number of halogens is 1. The van der Waals surface area contributed by atoms with E-state index in [1.165, 1.54) is 11.1 Å². The molecule has 1 aromatic heterocycles. The van der Waals surface area contributed by atoms with E-state index in [9.17, 15) is 0 Å². The first-order valence-electron chi connectivity index (χ1n) is 5.01. The molecule has 3 nitrogen and oxygen atoms in total. The highest BCUT2D eigenvalue weighted by Gasteiger charge is 2.06. The third-order valence-corrected chi connectivity index (χ3v) is 2.64. The van der Waals surface area contributed by atoms with Gasteiger partial charge in [0.2, 0.25) is 0 Å². The van der Waals surface area contributed by atoms with Gasteiger partial charge >= 0.3 is 0 Å². The van der Waals surface area contributed by atoms with Crippen LogP contribution in [0.4, 0.5) is 5.69 Å². The van der Waals surface area contributed by atoms with Crippen molar-refractivity contribution in [2.24, 2.45) is 0 Å². The summed E-state index contributed by atoms with van der Waals surface area (Å²) in [6.07, 6.45) is 0.911. The number of nitrogens with zero attached hydrogens (tertiary/aromatic N) is 1. The third kappa shape index (κ3) is 2.55. The molecule has 0 spiro atoms. The maximum absolute atomic E-state index is 5.64. The summed E-state index contributed by atoms with van der Waals surface area (Å²) in [5.74, 6) is 0. The Morgan fingerprint density at radius 3 is 2.31 bits per heavy atom. The number of aromatic amines is 1. The molecule has 86 valence electrons. The zero-order valence-electron chi connectivity index (χ0n) is 9.45. The van der Waals surface area contributed by atoms with Crippen molar-refractivity contribution in [2.45, 2.75) is 20.3 Å². The predicted octanol–water partition coefficient (Wildman–Crippen LogP) is 2.62. The molecule has 0 aliphatic heterocycles. The van der Waals surface area contributed by atoms with Gasteiger partial charge in [0.05, 0.1) is 5.69 Å². The fourth-order valence-corrected chi connectivity index (χ4v) is 1.67. The van der Waals surface area contributed by atoms with E-state index in [0.717, 1.165) is 23.5 Å². The summed E-state index contributed by atoms with van der Waals surface area (Å²) in [5.41, 5.74) is 11.2. The van der Waals surface area contributed by atoms with Crippen molar-refractivity contribution in [3.63, 3.8) is 0 Å². The maximum Gasteiger partial charge on any atom is 0.0629 e. The second-order valence-electron chi connectivity index (χ2n) is 3.83. The zero-order chi connectivity index (χ0) is 10.8. The van der Waals surface area contributed by atoms with Gasteiger partial charge in [0.1, 0.15) is 0 Å². The highest BCUT2D eigenvalue weighted by molar-refractivity contribution is 5.85. The molecule has 3 N–H and O–H groups in total. The van der Waals surface area contributed by atoms with Crippen LogP contribution < -0.4 is 5.73 Å². The summed E-state index contributed by atoms with van der Waals surface area (Å²) in [4.78, 5) is 0. The van der Waals surface area contributed by atoms with Gasteiger partial charge in [-0.25, -0.2) is 0 Å². The van der Waals surface area contributed by atoms with Gasteiger partial charge < -0.3 is 5.73 Å². The summed E-state index contributed by atoms with van der Waals surface area (Å²) in [6, 6.07) is 7.97. The number of nitrogens with two attached hydrogens (primary N) is 1. The quantitative estimate of drug-likeness (QED) is 0.789. The van der Waals surface area contributed by atoms with Gasteiger partial charge in [-0.1, -0.05) is 12.1 Å². The van der Waals surface area contributed by atoms with Crippen molar-refractivity contribution in [3.8, 4) is 0 Å². The smallest absolute Gasteiger partial charge is 0.0629 e. The number of aryl methyl sites for hydroxylation is 2. The van der Waals surface area contributed by atoms with E-state index in [-0.39, 0.29) is 12.4 Å². The number of hydrogen-bond donors (Lipinski definition) is 2. The lowest BCUT2D eigenvalue weighted by Gasteiger charge is -2.02. The fourth-order valence-electron chi connectivity index (χ4n) is 1.67. The van der Waals surface area contributed by atoms with Gasteiger partial charge in [-0.3, -0.25) is 5.10 Å². The Labute approximate surface area is 101 Å². The first-order chi connectivity index (χ1) is 7.16. The van der Waals surface area contributed by atoms with Crippen LogP contribution in [0.5, 0.6) is 0 Å². The van der Waals surface area contributed by atoms with Gasteiger partial charge in [-0.05, 0) is 31.5 Å². The van der Waals surface area contributed by atoms with Crippen LogP contribution in [0.15, 0.2) is 24.3 Å². The third-order valence-electron chi connectivity index (χ3n) is 2.64. The Morgan fingerprint density at radius 2 is 1.81 bits per heavy atom. The molecule has 0 atom stereocenters. The van der Waals surface area contributed by atoms with Crippen LogP contribution in [-0.4, -0.2) is 10.2 Å². The molecular formula is C12H16ClN3. The summed E-state index contributed by atoms with van der Waals surface area (Å²) < 4.78 is 0. The molecule has 0 radical (unpaired) electrons. The first kappa shape index (κ1) is 12.6. The van der Waals surface area contributed by atoms with E-state index in [1.54, 1.807) is 0 Å². The van der Waals surface area contributed by atoms with Crippen molar-refractivity contribution in [3.05, 3.63) is 46.8 Å². The van der Waals surface area contributed by atoms with E-state index < -0.39 is 0 Å². The van der Waals surface area contributed by atoms with Crippen molar-refractivity contribution in [1.82, 2.24) is 10.2 Å². The van der Waals surface area contributed by atoms with E-state index in [0.29, 0.717) is 0 Å². The number of hydrogen-bond acceptors (Lipinski definition) is 2. The summed E-state index contributed by atoms with van der Waals surface area (Å²) in [7, 11) is 0. The van der Waals surface area contributed by atoms with Crippen LogP contribution in [0.2, 0.25) is 0 Å². The Balaban J connectivity index is 0.00000128. The number of aromatic nitrogens is 2. The highest BCUT2D eigenvalue weighted by Crippen LogP contribution is 2.16. The molecule has 0 bridgehead atoms. The molecule has 2 aromatic rings. The molecule has 16 heavy (non-hydrogen) atoms. The van der Waals surface area contributed by atoms with Crippen LogP contribution in [0.25, 0.3) is 0 Å². The minimum absolute atomic E-state index is 0. The lowest BCUT2D eigenvalue weighted by atomic mass is 10.0. The van der Waals surface area contributed by atoms with Crippen LogP contribution in [-0.2, 0) is 6.42 Å². The Kier molecular flexibility index (Phi) is 3.96. The Bertz CT molecular complexity index is 440. The minimum Gasteiger partial charge on any atom is -0.399 e. The second kappa shape index (κ2) is 5.03. The SMILES string of the molecule is Cc1n[nH]c(C)c1Cc1ccc(N)cc1.Cl. The molecule has 0 amide bonds. The standard InChI is InChI=1S/C12H15N3.ClH/c1-8-12(9(2)15-14-8)7-10-3-5-11(13)6-4-10;/h3-6H,7,13H2,1-2H3,(H,14,15);1H. The van der Waals surface area contributed by atoms with E-state index in [1.807, 2.05) is 26.0 Å². The number of H-pyrrole nitrogens is 1. The number of rotatable bonds is 2. The van der Waals surface area contributed by atoms with Crippen LogP contribution >= 0.6 is 12.4 Å². The normalized spacial score (nSPS) is 9.88. The number of nitrogen functional groups attached to an aromatic ring is 1. The molecule has 0 fully saturated rings. The van der Waals surface area contributed by atoms with Crippen molar-refractivity contribution in [2.75, 3.05) is 5.73 Å². The lowest BCUT2D eigenvalue weighted by molar-refractivity contribution is 1.02. The lowest BCUT2D eigenvalue weighted by Crippen LogP contribution is -1.92. The minimum atomic E-state index is 0. The van der Waals surface area contributed by atoms with Gasteiger partial charge in [-0.2, -0.15) is 5.10 Å². The predicted molar refractivity (Wildman–Crippen MR) is 69.0 cm³/mol. The first-order valence-corrected chi connectivity index (χ1v) is 5.01. The average Bonchev–Trinajstić information content (AvgIpc) is 2.53. The summed E-state index contributed by atoms with van der Waals surface area (Å²) >= 11 is 0. The molecule has 2 rings (SSSR count). The topological polar surface area (TPSA) is 54.7 Å². The number of anilines is 1. The molecule has 0 unspecified atom stereocenters. The van der Waals surface area contributed by atoms with Gasteiger partial charge in [0.25, 0.3) is 0 Å². The molecular weight excluding hydrogens is 222 g/mol. The molecule has 0 aliphatic rings. The molecule has 1 aromatic carbocycles. The van der Waals surface area contributed by atoms with Crippen molar-refractivity contribution < 1.29 is 0 Å². The van der Waals surface area contributed by atoms with Crippen molar-refractivity contribution in [1.29, 1.82) is 0 Å². The fraction of sp³-hybridized carbons (Fsp3) is 0.250. The second-order valence-corrected chi connectivity index (χ2v) is 3.83. The van der Waals surface area contributed by atoms with Gasteiger partial charge in [0, 0.05) is 23.4 Å². The molecule has 1 heterocycles.